The number of rotatable bonds is 10. The van der Waals surface area contributed by atoms with E-state index in [0.717, 1.165) is 11.3 Å². The van der Waals surface area contributed by atoms with Crippen molar-refractivity contribution in [2.24, 2.45) is 5.73 Å². The van der Waals surface area contributed by atoms with Gasteiger partial charge in [0.05, 0.1) is 6.04 Å². The maximum Gasteiger partial charge on any atom is 0.326 e. The highest BCUT2D eigenvalue weighted by Gasteiger charge is 2.25. The Morgan fingerprint density at radius 1 is 1.16 bits per heavy atom. The van der Waals surface area contributed by atoms with E-state index in [0.29, 0.717) is 6.42 Å². The molecule has 0 heterocycles. The van der Waals surface area contributed by atoms with Gasteiger partial charge in [0.2, 0.25) is 11.8 Å². The van der Waals surface area contributed by atoms with Gasteiger partial charge >= 0.3 is 5.97 Å². The Hall–Kier alpha value is -2.06. The molecule has 0 aliphatic heterocycles. The van der Waals surface area contributed by atoms with Crippen molar-refractivity contribution in [2.45, 2.75) is 37.9 Å². The Bertz CT molecular complexity index is 583. The topological polar surface area (TPSA) is 122 Å². The third-order valence-electron chi connectivity index (χ3n) is 3.62. The Morgan fingerprint density at radius 2 is 1.80 bits per heavy atom. The van der Waals surface area contributed by atoms with E-state index in [9.17, 15) is 19.5 Å². The molecule has 25 heavy (non-hydrogen) atoms. The van der Waals surface area contributed by atoms with Gasteiger partial charge < -0.3 is 21.5 Å². The van der Waals surface area contributed by atoms with Crippen molar-refractivity contribution in [1.29, 1.82) is 0 Å². The molecule has 0 unspecified atom stereocenters. The van der Waals surface area contributed by atoms with Crippen LogP contribution in [0.15, 0.2) is 30.3 Å². The number of aliphatic carboxylic acids is 1. The van der Waals surface area contributed by atoms with Crippen LogP contribution in [0.1, 0.15) is 18.9 Å². The van der Waals surface area contributed by atoms with E-state index in [4.69, 9.17) is 5.73 Å². The van der Waals surface area contributed by atoms with Gasteiger partial charge in [0, 0.05) is 6.42 Å². The lowest BCUT2D eigenvalue weighted by molar-refractivity contribution is -0.142. The van der Waals surface area contributed by atoms with E-state index in [1.165, 1.54) is 6.92 Å². The predicted octanol–water partition coefficient (Wildman–Crippen LogP) is 0.384. The smallest absolute Gasteiger partial charge is 0.326 e. The van der Waals surface area contributed by atoms with Crippen LogP contribution in [0.2, 0.25) is 0 Å². The van der Waals surface area contributed by atoms with E-state index < -0.39 is 35.9 Å². The SMILES string of the molecule is CSCC[C@H](N)C(=O)N[C@@H](C)C(=O)N[C@@H](Cc1ccccc1)C(=O)O. The third kappa shape index (κ3) is 7.57. The van der Waals surface area contributed by atoms with Crippen LogP contribution in [0.3, 0.4) is 0 Å². The molecule has 8 heteroatoms. The van der Waals surface area contributed by atoms with Crippen molar-refractivity contribution in [2.75, 3.05) is 12.0 Å². The normalized spacial score (nSPS) is 14.2. The minimum atomic E-state index is -1.13. The van der Waals surface area contributed by atoms with Crippen LogP contribution >= 0.6 is 11.8 Å². The summed E-state index contributed by atoms with van der Waals surface area (Å²) >= 11 is 1.58. The fourth-order valence-corrected chi connectivity index (χ4v) is 2.60. The molecule has 0 aromatic heterocycles. The molecule has 7 nitrogen and oxygen atoms in total. The largest absolute Gasteiger partial charge is 0.480 e. The van der Waals surface area contributed by atoms with E-state index in [1.807, 2.05) is 12.3 Å². The van der Waals surface area contributed by atoms with Gasteiger partial charge in [-0.15, -0.1) is 0 Å². The van der Waals surface area contributed by atoms with Crippen molar-refractivity contribution >= 4 is 29.5 Å². The first-order chi connectivity index (χ1) is 11.8. The number of carboxylic acids is 1. The van der Waals surface area contributed by atoms with Crippen molar-refractivity contribution in [3.63, 3.8) is 0 Å². The molecule has 0 saturated heterocycles. The Kier molecular flexibility index (Phi) is 9.01. The van der Waals surface area contributed by atoms with Gasteiger partial charge in [0.15, 0.2) is 0 Å². The molecule has 0 aliphatic carbocycles. The van der Waals surface area contributed by atoms with Gasteiger partial charge in [-0.3, -0.25) is 9.59 Å². The van der Waals surface area contributed by atoms with E-state index in [1.54, 1.807) is 36.0 Å². The lowest BCUT2D eigenvalue weighted by atomic mass is 10.1. The maximum absolute atomic E-state index is 12.2. The Labute approximate surface area is 151 Å². The molecule has 0 fully saturated rings. The van der Waals surface area contributed by atoms with Gasteiger partial charge in [-0.2, -0.15) is 11.8 Å². The average molecular weight is 367 g/mol. The molecule has 138 valence electrons. The van der Waals surface area contributed by atoms with Crippen LogP contribution in [0.25, 0.3) is 0 Å². The maximum atomic E-state index is 12.2. The molecule has 1 aromatic carbocycles. The zero-order valence-electron chi connectivity index (χ0n) is 14.4. The first-order valence-corrected chi connectivity index (χ1v) is 9.36. The second-order valence-corrected chi connectivity index (χ2v) is 6.69. The monoisotopic (exact) mass is 367 g/mol. The number of amides is 2. The Morgan fingerprint density at radius 3 is 2.36 bits per heavy atom. The van der Waals surface area contributed by atoms with Gasteiger partial charge in [-0.1, -0.05) is 30.3 Å². The molecular weight excluding hydrogens is 342 g/mol. The molecule has 0 bridgehead atoms. The predicted molar refractivity (Wildman–Crippen MR) is 98.3 cm³/mol. The number of carbonyl (C=O) groups excluding carboxylic acids is 2. The van der Waals surface area contributed by atoms with Crippen LogP contribution in [-0.4, -0.2) is 53.0 Å². The van der Waals surface area contributed by atoms with Crippen LogP contribution in [0.4, 0.5) is 0 Å². The molecule has 3 atom stereocenters. The van der Waals surface area contributed by atoms with Crippen molar-refractivity contribution < 1.29 is 19.5 Å². The molecule has 0 saturated carbocycles. The number of carbonyl (C=O) groups is 3. The first kappa shape index (κ1) is 21.0. The molecule has 1 aromatic rings. The summed E-state index contributed by atoms with van der Waals surface area (Å²) in [6.07, 6.45) is 2.59. The molecular formula is C17H25N3O4S. The summed E-state index contributed by atoms with van der Waals surface area (Å²) in [5.41, 5.74) is 6.55. The summed E-state index contributed by atoms with van der Waals surface area (Å²) in [7, 11) is 0. The highest BCUT2D eigenvalue weighted by atomic mass is 32.2. The minimum absolute atomic E-state index is 0.163. The van der Waals surface area contributed by atoms with Gasteiger partial charge in [0.1, 0.15) is 12.1 Å². The molecule has 0 radical (unpaired) electrons. The fraction of sp³-hybridized carbons (Fsp3) is 0.471. The minimum Gasteiger partial charge on any atom is -0.480 e. The lowest BCUT2D eigenvalue weighted by Gasteiger charge is -2.20. The number of benzene rings is 1. The second kappa shape index (κ2) is 10.7. The number of nitrogens with one attached hydrogen (secondary N) is 2. The zero-order valence-corrected chi connectivity index (χ0v) is 15.2. The Balaban J connectivity index is 2.58. The van der Waals surface area contributed by atoms with Crippen molar-refractivity contribution in [3.05, 3.63) is 35.9 Å². The van der Waals surface area contributed by atoms with Gasteiger partial charge in [-0.25, -0.2) is 4.79 Å². The number of carboxylic acid groups (broad SMARTS) is 1. The summed E-state index contributed by atoms with van der Waals surface area (Å²) in [5, 5.41) is 14.3. The summed E-state index contributed by atoms with van der Waals surface area (Å²) in [4.78, 5) is 35.5. The van der Waals surface area contributed by atoms with E-state index in [-0.39, 0.29) is 6.42 Å². The lowest BCUT2D eigenvalue weighted by Crippen LogP contribution is -2.53. The summed E-state index contributed by atoms with van der Waals surface area (Å²) in [6.45, 7) is 1.50. The first-order valence-electron chi connectivity index (χ1n) is 7.97. The third-order valence-corrected chi connectivity index (χ3v) is 4.26. The molecule has 5 N–H and O–H groups in total. The molecule has 1 rings (SSSR count). The van der Waals surface area contributed by atoms with Crippen molar-refractivity contribution in [3.8, 4) is 0 Å². The highest BCUT2D eigenvalue weighted by molar-refractivity contribution is 7.98. The zero-order chi connectivity index (χ0) is 18.8. The number of hydrogen-bond acceptors (Lipinski definition) is 5. The second-order valence-electron chi connectivity index (χ2n) is 5.71. The molecule has 0 aliphatic rings. The van der Waals surface area contributed by atoms with Crippen LogP contribution in [-0.2, 0) is 20.8 Å². The van der Waals surface area contributed by atoms with E-state index in [2.05, 4.69) is 10.6 Å². The van der Waals surface area contributed by atoms with Crippen LogP contribution in [0.5, 0.6) is 0 Å². The number of nitrogens with two attached hydrogens (primary N) is 1. The van der Waals surface area contributed by atoms with Crippen LogP contribution in [0, 0.1) is 0 Å². The summed E-state index contributed by atoms with van der Waals surface area (Å²) in [6, 6.07) is 6.38. The number of hydrogen-bond donors (Lipinski definition) is 4. The standard InChI is InChI=1S/C17H25N3O4S/c1-11(19-16(22)13(18)8-9-25-2)15(21)20-14(17(23)24)10-12-6-4-3-5-7-12/h3-7,11,13-14H,8-10,18H2,1-2H3,(H,19,22)(H,20,21)(H,23,24)/t11-,13-,14-/m0/s1. The quantitative estimate of drug-likeness (QED) is 0.474. The van der Waals surface area contributed by atoms with E-state index >= 15 is 0 Å². The molecule has 0 spiro atoms. The van der Waals surface area contributed by atoms with Gasteiger partial charge in [-0.05, 0) is 30.9 Å². The van der Waals surface area contributed by atoms with Gasteiger partial charge in [0.25, 0.3) is 0 Å². The van der Waals surface area contributed by atoms with Crippen molar-refractivity contribution in [1.82, 2.24) is 10.6 Å². The summed E-state index contributed by atoms with van der Waals surface area (Å²) < 4.78 is 0. The molecule has 2 amide bonds. The highest BCUT2D eigenvalue weighted by Crippen LogP contribution is 2.04. The fourth-order valence-electron chi connectivity index (χ4n) is 2.11. The summed E-state index contributed by atoms with van der Waals surface area (Å²) in [5.74, 6) is -1.37. The average Bonchev–Trinajstić information content (AvgIpc) is 2.59. The number of thioether (sulfide) groups is 1. The van der Waals surface area contributed by atoms with Crippen LogP contribution < -0.4 is 16.4 Å².